The fourth-order valence-corrected chi connectivity index (χ4v) is 3.59. The van der Waals surface area contributed by atoms with Crippen LogP contribution in [0.1, 0.15) is 54.4 Å². The van der Waals surface area contributed by atoms with Crippen molar-refractivity contribution in [2.75, 3.05) is 6.54 Å². The second-order valence-electron chi connectivity index (χ2n) is 5.27. The summed E-state index contributed by atoms with van der Waals surface area (Å²) in [7, 11) is -3.01. The average Bonchev–Trinajstić information content (AvgIpc) is 2.28. The molecule has 2 unspecified atom stereocenters. The molecular weight excluding hydrogens is 234 g/mol. The van der Waals surface area contributed by atoms with Crippen LogP contribution in [0, 0.1) is 5.92 Å². The van der Waals surface area contributed by atoms with E-state index in [1.807, 2.05) is 27.7 Å². The van der Waals surface area contributed by atoms with Crippen LogP contribution in [-0.2, 0) is 9.84 Å². The predicted octanol–water partition coefficient (Wildman–Crippen LogP) is 2.61. The molecule has 4 heteroatoms. The Bertz CT molecular complexity index is 295. The van der Waals surface area contributed by atoms with Crippen molar-refractivity contribution in [3.63, 3.8) is 0 Å². The SMILES string of the molecule is CCC(CC)NCC(C)S(=O)(=O)C(C)C(C)C. The van der Waals surface area contributed by atoms with E-state index < -0.39 is 9.84 Å². The minimum atomic E-state index is -3.01. The van der Waals surface area contributed by atoms with E-state index in [4.69, 9.17) is 0 Å². The van der Waals surface area contributed by atoms with E-state index in [9.17, 15) is 8.42 Å². The smallest absolute Gasteiger partial charge is 0.156 e. The second kappa shape index (κ2) is 7.37. The molecule has 0 fully saturated rings. The first kappa shape index (κ1) is 16.9. The Kier molecular flexibility index (Phi) is 7.33. The number of nitrogens with one attached hydrogen (secondary N) is 1. The zero-order valence-corrected chi connectivity index (χ0v) is 13.0. The quantitative estimate of drug-likeness (QED) is 0.732. The Labute approximate surface area is 107 Å². The third-order valence-corrected chi connectivity index (χ3v) is 6.57. The molecule has 17 heavy (non-hydrogen) atoms. The summed E-state index contributed by atoms with van der Waals surface area (Å²) in [6, 6.07) is 0.432. The van der Waals surface area contributed by atoms with Gasteiger partial charge in [-0.05, 0) is 32.6 Å². The minimum Gasteiger partial charge on any atom is -0.313 e. The van der Waals surface area contributed by atoms with Gasteiger partial charge in [0, 0.05) is 12.6 Å². The Hall–Kier alpha value is -0.0900. The fraction of sp³-hybridized carbons (Fsp3) is 1.00. The summed E-state index contributed by atoms with van der Waals surface area (Å²) in [6.07, 6.45) is 2.09. The van der Waals surface area contributed by atoms with Gasteiger partial charge in [0.05, 0.1) is 10.5 Å². The first-order chi connectivity index (χ1) is 7.77. The Balaban J connectivity index is 4.45. The molecule has 0 aromatic heterocycles. The van der Waals surface area contributed by atoms with Crippen LogP contribution in [0.25, 0.3) is 0 Å². The lowest BCUT2D eigenvalue weighted by Crippen LogP contribution is -2.41. The largest absolute Gasteiger partial charge is 0.313 e. The fourth-order valence-electron chi connectivity index (χ4n) is 1.77. The van der Waals surface area contributed by atoms with Crippen molar-refractivity contribution in [2.45, 2.75) is 70.9 Å². The molecule has 0 aliphatic carbocycles. The summed E-state index contributed by atoms with van der Waals surface area (Å²) in [6.45, 7) is 12.4. The molecule has 0 aliphatic heterocycles. The molecule has 0 heterocycles. The van der Waals surface area contributed by atoms with Gasteiger partial charge in [-0.1, -0.05) is 27.7 Å². The van der Waals surface area contributed by atoms with Crippen molar-refractivity contribution in [3.05, 3.63) is 0 Å². The van der Waals surface area contributed by atoms with E-state index in [2.05, 4.69) is 19.2 Å². The molecule has 104 valence electrons. The number of hydrogen-bond acceptors (Lipinski definition) is 3. The van der Waals surface area contributed by atoms with Gasteiger partial charge in [-0.15, -0.1) is 0 Å². The molecule has 0 amide bonds. The van der Waals surface area contributed by atoms with E-state index in [0.717, 1.165) is 12.8 Å². The van der Waals surface area contributed by atoms with Gasteiger partial charge >= 0.3 is 0 Å². The van der Waals surface area contributed by atoms with Crippen LogP contribution in [0.3, 0.4) is 0 Å². The normalized spacial score (nSPS) is 16.5. The van der Waals surface area contributed by atoms with Crippen LogP contribution in [0.5, 0.6) is 0 Å². The summed E-state index contributed by atoms with van der Waals surface area (Å²) in [4.78, 5) is 0. The maximum Gasteiger partial charge on any atom is 0.156 e. The van der Waals surface area contributed by atoms with Gasteiger partial charge in [0.1, 0.15) is 0 Å². The van der Waals surface area contributed by atoms with Crippen molar-refractivity contribution in [1.82, 2.24) is 5.32 Å². The van der Waals surface area contributed by atoms with Crippen molar-refractivity contribution < 1.29 is 8.42 Å². The van der Waals surface area contributed by atoms with E-state index in [1.54, 1.807) is 0 Å². The topological polar surface area (TPSA) is 46.2 Å². The summed E-state index contributed by atoms with van der Waals surface area (Å²) < 4.78 is 24.4. The molecule has 0 bridgehead atoms. The van der Waals surface area contributed by atoms with Crippen molar-refractivity contribution in [3.8, 4) is 0 Å². The summed E-state index contributed by atoms with van der Waals surface area (Å²) >= 11 is 0. The molecule has 0 aromatic carbocycles. The van der Waals surface area contributed by atoms with Crippen LogP contribution in [-0.4, -0.2) is 31.5 Å². The molecule has 0 radical (unpaired) electrons. The maximum absolute atomic E-state index is 12.2. The van der Waals surface area contributed by atoms with Crippen LogP contribution < -0.4 is 5.32 Å². The molecule has 2 atom stereocenters. The summed E-state index contributed by atoms with van der Waals surface area (Å²) in [5.74, 6) is 0.176. The zero-order chi connectivity index (χ0) is 13.6. The summed E-state index contributed by atoms with van der Waals surface area (Å²) in [5, 5.41) is 2.77. The van der Waals surface area contributed by atoms with Crippen LogP contribution in [0.2, 0.25) is 0 Å². The van der Waals surface area contributed by atoms with Gasteiger partial charge in [-0.2, -0.15) is 0 Å². The number of rotatable bonds is 8. The maximum atomic E-state index is 12.2. The van der Waals surface area contributed by atoms with Crippen molar-refractivity contribution in [1.29, 1.82) is 0 Å². The van der Waals surface area contributed by atoms with Crippen LogP contribution >= 0.6 is 0 Å². The highest BCUT2D eigenvalue weighted by Gasteiger charge is 2.29. The van der Waals surface area contributed by atoms with Crippen molar-refractivity contribution >= 4 is 9.84 Å². The number of sulfone groups is 1. The highest BCUT2D eigenvalue weighted by molar-refractivity contribution is 7.92. The minimum absolute atomic E-state index is 0.176. The van der Waals surface area contributed by atoms with E-state index >= 15 is 0 Å². The Morgan fingerprint density at radius 1 is 1.00 bits per heavy atom. The third kappa shape index (κ3) is 4.96. The lowest BCUT2D eigenvalue weighted by molar-refractivity contribution is 0.474. The van der Waals surface area contributed by atoms with Crippen LogP contribution in [0.4, 0.5) is 0 Å². The van der Waals surface area contributed by atoms with Gasteiger partial charge < -0.3 is 5.32 Å². The Morgan fingerprint density at radius 2 is 1.47 bits per heavy atom. The van der Waals surface area contributed by atoms with Gasteiger partial charge in [0.2, 0.25) is 0 Å². The monoisotopic (exact) mass is 263 g/mol. The molecule has 0 rings (SSSR count). The molecule has 0 aromatic rings. The number of hydrogen-bond donors (Lipinski definition) is 1. The summed E-state index contributed by atoms with van der Waals surface area (Å²) in [5.41, 5.74) is 0. The third-order valence-electron chi connectivity index (χ3n) is 3.70. The lowest BCUT2D eigenvalue weighted by atomic mass is 10.1. The predicted molar refractivity (Wildman–Crippen MR) is 75.1 cm³/mol. The van der Waals surface area contributed by atoms with Crippen molar-refractivity contribution in [2.24, 2.45) is 5.92 Å². The highest BCUT2D eigenvalue weighted by atomic mass is 32.2. The molecule has 0 spiro atoms. The molecule has 0 aliphatic rings. The lowest BCUT2D eigenvalue weighted by Gasteiger charge is -2.23. The first-order valence-corrected chi connectivity index (χ1v) is 8.34. The zero-order valence-electron chi connectivity index (χ0n) is 12.2. The molecule has 1 N–H and O–H groups in total. The van der Waals surface area contributed by atoms with E-state index in [-0.39, 0.29) is 16.4 Å². The van der Waals surface area contributed by atoms with E-state index in [0.29, 0.717) is 12.6 Å². The second-order valence-corrected chi connectivity index (χ2v) is 8.00. The molecular formula is C13H29NO2S. The van der Waals surface area contributed by atoms with E-state index in [1.165, 1.54) is 0 Å². The van der Waals surface area contributed by atoms with Gasteiger partial charge in [-0.25, -0.2) is 8.42 Å². The highest BCUT2D eigenvalue weighted by Crippen LogP contribution is 2.16. The standard InChI is InChI=1S/C13H29NO2S/c1-7-13(8-2)14-9-11(5)17(15,16)12(6)10(3)4/h10-14H,7-9H2,1-6H3. The van der Waals surface area contributed by atoms with Gasteiger partial charge in [0.15, 0.2) is 9.84 Å². The van der Waals surface area contributed by atoms with Gasteiger partial charge in [-0.3, -0.25) is 0 Å². The first-order valence-electron chi connectivity index (χ1n) is 6.73. The molecule has 3 nitrogen and oxygen atoms in total. The average molecular weight is 263 g/mol. The van der Waals surface area contributed by atoms with Gasteiger partial charge in [0.25, 0.3) is 0 Å². The van der Waals surface area contributed by atoms with Crippen LogP contribution in [0.15, 0.2) is 0 Å². The Morgan fingerprint density at radius 3 is 1.82 bits per heavy atom. The molecule has 0 saturated heterocycles. The molecule has 0 saturated carbocycles.